The number of nitrogens with one attached hydrogen (secondary N) is 1. The number of aromatic carboxylic acids is 1. The summed E-state index contributed by atoms with van der Waals surface area (Å²) < 4.78 is 28.6. The lowest BCUT2D eigenvalue weighted by molar-refractivity contribution is 0.0697. The maximum Gasteiger partial charge on any atom is 0.335 e. The van der Waals surface area contributed by atoms with Crippen LogP contribution in [0.2, 0.25) is 5.02 Å². The lowest BCUT2D eigenvalue weighted by Crippen LogP contribution is -2.46. The van der Waals surface area contributed by atoms with Gasteiger partial charge in [0.25, 0.3) is 10.0 Å². The van der Waals surface area contributed by atoms with Crippen LogP contribution in [0.1, 0.15) is 42.5 Å². The highest BCUT2D eigenvalue weighted by molar-refractivity contribution is 7.92. The fourth-order valence-electron chi connectivity index (χ4n) is 4.64. The molecule has 2 aromatic carbocycles. The van der Waals surface area contributed by atoms with Gasteiger partial charge in [-0.2, -0.15) is 0 Å². The first-order valence-corrected chi connectivity index (χ1v) is 12.8. The first-order chi connectivity index (χ1) is 15.3. The van der Waals surface area contributed by atoms with E-state index < -0.39 is 16.0 Å². The highest BCUT2D eigenvalue weighted by Crippen LogP contribution is 2.33. The van der Waals surface area contributed by atoms with Crippen molar-refractivity contribution in [3.8, 4) is 0 Å². The zero-order chi connectivity index (χ0) is 22.7. The molecule has 2 saturated heterocycles. The Labute approximate surface area is 194 Å². The Balaban J connectivity index is 1.58. The molecule has 7 nitrogen and oxygen atoms in total. The van der Waals surface area contributed by atoms with E-state index in [4.69, 9.17) is 11.6 Å². The van der Waals surface area contributed by atoms with Gasteiger partial charge in [0.2, 0.25) is 0 Å². The van der Waals surface area contributed by atoms with Crippen LogP contribution in [0.4, 0.5) is 11.4 Å². The molecule has 0 aliphatic carbocycles. The second kappa shape index (κ2) is 9.68. The van der Waals surface area contributed by atoms with Crippen LogP contribution in [0.15, 0.2) is 47.4 Å². The number of carbonyl (C=O) groups is 1. The largest absolute Gasteiger partial charge is 0.478 e. The van der Waals surface area contributed by atoms with Gasteiger partial charge >= 0.3 is 5.97 Å². The molecule has 2 N–H and O–H groups in total. The molecule has 0 bridgehead atoms. The molecule has 0 amide bonds. The van der Waals surface area contributed by atoms with E-state index in [1.165, 1.54) is 43.5 Å². The van der Waals surface area contributed by atoms with E-state index in [1.54, 1.807) is 18.2 Å². The van der Waals surface area contributed by atoms with E-state index in [1.807, 2.05) is 0 Å². The fourth-order valence-corrected chi connectivity index (χ4v) is 6.23. The first kappa shape index (κ1) is 22.9. The van der Waals surface area contributed by atoms with E-state index in [2.05, 4.69) is 14.5 Å². The van der Waals surface area contributed by atoms with Gasteiger partial charge in [-0.25, -0.2) is 13.2 Å². The van der Waals surface area contributed by atoms with Crippen molar-refractivity contribution >= 4 is 39.0 Å². The Kier molecular flexibility index (Phi) is 6.93. The maximum absolute atomic E-state index is 13.0. The van der Waals surface area contributed by atoms with Crippen LogP contribution in [0.5, 0.6) is 0 Å². The summed E-state index contributed by atoms with van der Waals surface area (Å²) in [5.41, 5.74) is 0.956. The van der Waals surface area contributed by atoms with E-state index in [0.29, 0.717) is 11.7 Å². The molecular weight excluding hydrogens is 450 g/mol. The second-order valence-electron chi connectivity index (χ2n) is 8.39. The van der Waals surface area contributed by atoms with Gasteiger partial charge in [-0.05, 0) is 69.1 Å². The van der Waals surface area contributed by atoms with Crippen molar-refractivity contribution in [3.05, 3.63) is 53.1 Å². The van der Waals surface area contributed by atoms with Crippen molar-refractivity contribution in [1.82, 2.24) is 4.90 Å². The van der Waals surface area contributed by atoms with Crippen molar-refractivity contribution < 1.29 is 18.3 Å². The number of likely N-dealkylation sites (tertiary alicyclic amines) is 1. The number of rotatable bonds is 6. The molecule has 0 aromatic heterocycles. The van der Waals surface area contributed by atoms with Crippen LogP contribution >= 0.6 is 11.6 Å². The predicted molar refractivity (Wildman–Crippen MR) is 126 cm³/mol. The first-order valence-electron chi connectivity index (χ1n) is 11.0. The summed E-state index contributed by atoms with van der Waals surface area (Å²) in [6.45, 7) is 3.88. The van der Waals surface area contributed by atoms with Gasteiger partial charge in [0, 0.05) is 19.1 Å². The van der Waals surface area contributed by atoms with Gasteiger partial charge in [0.1, 0.15) is 4.90 Å². The van der Waals surface area contributed by atoms with Crippen LogP contribution in [0.3, 0.4) is 0 Å². The fraction of sp³-hybridized carbons (Fsp3) is 0.435. The summed E-state index contributed by atoms with van der Waals surface area (Å²) in [6.07, 6.45) is 5.81. The molecule has 172 valence electrons. The van der Waals surface area contributed by atoms with Crippen molar-refractivity contribution in [2.75, 3.05) is 35.8 Å². The van der Waals surface area contributed by atoms with E-state index >= 15 is 0 Å². The third kappa shape index (κ3) is 5.03. The van der Waals surface area contributed by atoms with Crippen LogP contribution < -0.4 is 9.62 Å². The van der Waals surface area contributed by atoms with Gasteiger partial charge in [0.15, 0.2) is 0 Å². The standard InChI is InChI=1S/C23H28ClN3O4S/c24-19-6-2-3-7-22(19)32(30,31)25-20-16-17(23(28)29)8-9-21(20)27-14-10-18(11-15-27)26-12-4-1-5-13-26/h2-3,6-9,16,18,25H,1,4-5,10-15H2,(H,28,29). The minimum absolute atomic E-state index is 0.0220. The molecule has 2 heterocycles. The summed E-state index contributed by atoms with van der Waals surface area (Å²) in [5, 5.41) is 9.54. The Morgan fingerprint density at radius 2 is 1.69 bits per heavy atom. The number of anilines is 2. The summed E-state index contributed by atoms with van der Waals surface area (Å²) in [7, 11) is -3.99. The normalized spacial score (nSPS) is 18.5. The van der Waals surface area contributed by atoms with Gasteiger partial charge in [-0.15, -0.1) is 0 Å². The molecule has 4 rings (SSSR count). The predicted octanol–water partition coefficient (Wildman–Crippen LogP) is 4.29. The van der Waals surface area contributed by atoms with Crippen molar-refractivity contribution in [2.45, 2.75) is 43.0 Å². The number of benzene rings is 2. The van der Waals surface area contributed by atoms with Gasteiger partial charge < -0.3 is 14.9 Å². The highest BCUT2D eigenvalue weighted by atomic mass is 35.5. The zero-order valence-corrected chi connectivity index (χ0v) is 19.4. The molecule has 2 aromatic rings. The average molecular weight is 478 g/mol. The Bertz CT molecular complexity index is 1080. The van der Waals surface area contributed by atoms with Gasteiger partial charge in [0.05, 0.1) is 22.0 Å². The van der Waals surface area contributed by atoms with E-state index in [9.17, 15) is 18.3 Å². The average Bonchev–Trinajstić information content (AvgIpc) is 2.79. The second-order valence-corrected chi connectivity index (χ2v) is 10.4. The number of carboxylic acids is 1. The van der Waals surface area contributed by atoms with E-state index in [0.717, 1.165) is 39.0 Å². The van der Waals surface area contributed by atoms with Crippen molar-refractivity contribution in [2.24, 2.45) is 0 Å². The lowest BCUT2D eigenvalue weighted by atomic mass is 9.99. The van der Waals surface area contributed by atoms with Gasteiger partial charge in [-0.1, -0.05) is 30.2 Å². The number of piperidine rings is 2. The summed E-state index contributed by atoms with van der Waals surface area (Å²) in [5.74, 6) is -1.11. The van der Waals surface area contributed by atoms with E-state index in [-0.39, 0.29) is 21.2 Å². The molecule has 0 atom stereocenters. The summed E-state index contributed by atoms with van der Waals surface area (Å²) in [6, 6.07) is 11.3. The number of halogens is 1. The van der Waals surface area contributed by atoms with Crippen LogP contribution in [-0.2, 0) is 10.0 Å². The number of hydrogen-bond donors (Lipinski definition) is 2. The topological polar surface area (TPSA) is 89.9 Å². The minimum atomic E-state index is -3.99. The summed E-state index contributed by atoms with van der Waals surface area (Å²) >= 11 is 6.11. The Morgan fingerprint density at radius 3 is 2.34 bits per heavy atom. The van der Waals surface area contributed by atoms with Gasteiger partial charge in [-0.3, -0.25) is 4.72 Å². The Hall–Kier alpha value is -2.29. The minimum Gasteiger partial charge on any atom is -0.478 e. The highest BCUT2D eigenvalue weighted by Gasteiger charge is 2.28. The number of nitrogens with zero attached hydrogens (tertiary/aromatic N) is 2. The Morgan fingerprint density at radius 1 is 1.00 bits per heavy atom. The molecule has 0 unspecified atom stereocenters. The number of hydrogen-bond acceptors (Lipinski definition) is 5. The quantitative estimate of drug-likeness (QED) is 0.645. The SMILES string of the molecule is O=C(O)c1ccc(N2CCC(N3CCCCC3)CC2)c(NS(=O)(=O)c2ccccc2Cl)c1. The molecule has 0 spiro atoms. The molecule has 32 heavy (non-hydrogen) atoms. The number of sulfonamides is 1. The van der Waals surface area contributed by atoms with Crippen molar-refractivity contribution in [1.29, 1.82) is 0 Å². The molecule has 9 heteroatoms. The van der Waals surface area contributed by atoms with Crippen LogP contribution in [0, 0.1) is 0 Å². The summed E-state index contributed by atoms with van der Waals surface area (Å²) in [4.78, 5) is 16.2. The molecular formula is C23H28ClN3O4S. The third-order valence-electron chi connectivity index (χ3n) is 6.33. The zero-order valence-electron chi connectivity index (χ0n) is 17.8. The molecule has 2 aliphatic rings. The molecule has 2 aliphatic heterocycles. The third-order valence-corrected chi connectivity index (χ3v) is 8.19. The molecule has 0 saturated carbocycles. The smallest absolute Gasteiger partial charge is 0.335 e. The van der Waals surface area contributed by atoms with Crippen LogP contribution in [0.25, 0.3) is 0 Å². The monoisotopic (exact) mass is 477 g/mol. The lowest BCUT2D eigenvalue weighted by Gasteiger charge is -2.41. The molecule has 0 radical (unpaired) electrons. The maximum atomic E-state index is 13.0. The van der Waals surface area contributed by atoms with Crippen molar-refractivity contribution in [3.63, 3.8) is 0 Å². The number of carboxylic acid groups (broad SMARTS) is 1. The van der Waals surface area contributed by atoms with Crippen LogP contribution in [-0.4, -0.2) is 56.6 Å². The molecule has 2 fully saturated rings.